The van der Waals surface area contributed by atoms with Crippen LogP contribution in [0.1, 0.15) is 44.3 Å². The van der Waals surface area contributed by atoms with Gasteiger partial charge in [0.2, 0.25) is 5.88 Å². The molecule has 10 heteroatoms. The molecule has 1 fully saturated rings. The Labute approximate surface area is 173 Å². The van der Waals surface area contributed by atoms with Crippen molar-refractivity contribution in [2.45, 2.75) is 52.7 Å². The highest BCUT2D eigenvalue weighted by Crippen LogP contribution is 2.34. The minimum atomic E-state index is -0.895. The number of nitriles is 1. The van der Waals surface area contributed by atoms with E-state index in [0.717, 1.165) is 0 Å². The molecule has 0 aliphatic carbocycles. The van der Waals surface area contributed by atoms with Crippen molar-refractivity contribution in [2.24, 2.45) is 5.41 Å². The summed E-state index contributed by atoms with van der Waals surface area (Å²) in [6.45, 7) is 8.31. The second-order valence-corrected chi connectivity index (χ2v) is 9.06. The van der Waals surface area contributed by atoms with Crippen LogP contribution in [-0.4, -0.2) is 49.7 Å². The average Bonchev–Trinajstić information content (AvgIpc) is 3.07. The third-order valence-electron chi connectivity index (χ3n) is 4.75. The summed E-state index contributed by atoms with van der Waals surface area (Å²) < 4.78 is 6.11. The van der Waals surface area contributed by atoms with Gasteiger partial charge in [0, 0.05) is 31.5 Å². The van der Waals surface area contributed by atoms with E-state index in [2.05, 4.69) is 26.3 Å². The van der Waals surface area contributed by atoms with Crippen molar-refractivity contribution in [1.82, 2.24) is 19.9 Å². The van der Waals surface area contributed by atoms with Crippen LogP contribution in [0.3, 0.4) is 0 Å². The van der Waals surface area contributed by atoms with Crippen molar-refractivity contribution in [3.63, 3.8) is 0 Å². The van der Waals surface area contributed by atoms with Gasteiger partial charge in [-0.3, -0.25) is 0 Å². The van der Waals surface area contributed by atoms with Crippen LogP contribution in [0.15, 0.2) is 12.3 Å². The van der Waals surface area contributed by atoms with E-state index < -0.39 is 6.09 Å². The normalized spacial score (nSPS) is 19.5. The molecule has 9 nitrogen and oxygen atoms in total. The Morgan fingerprint density at radius 2 is 2.21 bits per heavy atom. The molecule has 1 aliphatic heterocycles. The van der Waals surface area contributed by atoms with Crippen molar-refractivity contribution in [3.05, 3.63) is 23.0 Å². The number of nitrogens with zero attached hydrogens (tertiary/aromatic N) is 5. The van der Waals surface area contributed by atoms with Gasteiger partial charge in [0.15, 0.2) is 5.13 Å². The minimum absolute atomic E-state index is 0.137. The first kappa shape index (κ1) is 20.8. The fourth-order valence-corrected chi connectivity index (χ4v) is 4.04. The van der Waals surface area contributed by atoms with Crippen LogP contribution in [0.25, 0.3) is 0 Å². The lowest BCUT2D eigenvalue weighted by Crippen LogP contribution is -2.53. The molecule has 0 radical (unpaired) electrons. The van der Waals surface area contributed by atoms with Crippen LogP contribution in [0.2, 0.25) is 0 Å². The molecule has 0 saturated carbocycles. The Morgan fingerprint density at radius 3 is 2.83 bits per heavy atom. The molecule has 1 saturated heterocycles. The SMILES string of the molecule is Cc1nc(Nc2ncc(C#N)s2)cc(OC2CCN(C(=O)O)C(C(C)(C)C)C2)n1. The van der Waals surface area contributed by atoms with Gasteiger partial charge in [0.05, 0.1) is 6.20 Å². The fraction of sp³-hybridized carbons (Fsp3) is 0.526. The van der Waals surface area contributed by atoms with Crippen molar-refractivity contribution in [3.8, 4) is 11.9 Å². The second kappa shape index (κ2) is 8.21. The summed E-state index contributed by atoms with van der Waals surface area (Å²) in [5, 5.41) is 22.1. The lowest BCUT2D eigenvalue weighted by molar-refractivity contribution is 0.0116. The monoisotopic (exact) mass is 416 g/mol. The zero-order valence-corrected chi connectivity index (χ0v) is 17.7. The summed E-state index contributed by atoms with van der Waals surface area (Å²) in [5.74, 6) is 1.50. The molecular weight excluding hydrogens is 392 g/mol. The second-order valence-electron chi connectivity index (χ2n) is 8.03. The Kier molecular flexibility index (Phi) is 5.88. The highest BCUT2D eigenvalue weighted by molar-refractivity contribution is 7.16. The predicted molar refractivity (Wildman–Crippen MR) is 109 cm³/mol. The molecule has 0 spiro atoms. The number of hydrogen-bond acceptors (Lipinski definition) is 8. The largest absolute Gasteiger partial charge is 0.474 e. The Balaban J connectivity index is 1.73. The van der Waals surface area contributed by atoms with Gasteiger partial charge in [0.1, 0.15) is 28.7 Å². The lowest BCUT2D eigenvalue weighted by atomic mass is 9.80. The van der Waals surface area contributed by atoms with Crippen LogP contribution in [-0.2, 0) is 0 Å². The Morgan fingerprint density at radius 1 is 1.45 bits per heavy atom. The minimum Gasteiger partial charge on any atom is -0.474 e. The summed E-state index contributed by atoms with van der Waals surface area (Å²) in [6.07, 6.45) is 1.67. The van der Waals surface area contributed by atoms with E-state index in [1.165, 1.54) is 22.4 Å². The molecule has 1 aliphatic rings. The van der Waals surface area contributed by atoms with Crippen LogP contribution >= 0.6 is 11.3 Å². The fourth-order valence-electron chi connectivity index (χ4n) is 3.42. The number of anilines is 2. The highest BCUT2D eigenvalue weighted by atomic mass is 32.1. The first-order valence-electron chi connectivity index (χ1n) is 9.30. The molecule has 0 aromatic carbocycles. The number of aromatic nitrogens is 3. The number of amides is 1. The van der Waals surface area contributed by atoms with Gasteiger partial charge >= 0.3 is 6.09 Å². The van der Waals surface area contributed by atoms with E-state index in [1.54, 1.807) is 13.0 Å². The van der Waals surface area contributed by atoms with Crippen LogP contribution in [0.4, 0.5) is 15.7 Å². The molecule has 1 amide bonds. The average molecular weight is 417 g/mol. The van der Waals surface area contributed by atoms with Crippen molar-refractivity contribution >= 4 is 28.4 Å². The summed E-state index contributed by atoms with van der Waals surface area (Å²) >= 11 is 1.24. The van der Waals surface area contributed by atoms with E-state index in [-0.39, 0.29) is 17.6 Å². The lowest BCUT2D eigenvalue weighted by Gasteiger charge is -2.44. The smallest absolute Gasteiger partial charge is 0.407 e. The van der Waals surface area contributed by atoms with Gasteiger partial charge in [0.25, 0.3) is 0 Å². The van der Waals surface area contributed by atoms with E-state index in [0.29, 0.717) is 46.9 Å². The summed E-state index contributed by atoms with van der Waals surface area (Å²) in [6, 6.07) is 3.60. The van der Waals surface area contributed by atoms with Gasteiger partial charge in [-0.25, -0.2) is 14.8 Å². The molecule has 0 bridgehead atoms. The zero-order chi connectivity index (χ0) is 21.2. The number of carbonyl (C=O) groups is 1. The maximum atomic E-state index is 11.6. The predicted octanol–water partition coefficient (Wildman–Crippen LogP) is 3.79. The number of hydrogen-bond donors (Lipinski definition) is 2. The molecule has 29 heavy (non-hydrogen) atoms. The maximum Gasteiger partial charge on any atom is 0.407 e. The Bertz CT molecular complexity index is 933. The standard InChI is InChI=1S/C19H24N6O3S/c1-11-22-15(24-17-21-10-13(9-20)29-17)8-16(23-11)28-12-5-6-25(18(26)27)14(7-12)19(2,3)4/h8,10,12,14H,5-7H2,1-4H3,(H,26,27)(H,21,22,23,24). The molecule has 3 heterocycles. The number of rotatable bonds is 4. The third kappa shape index (κ3) is 5.12. The molecule has 3 rings (SSSR count). The summed E-state index contributed by atoms with van der Waals surface area (Å²) in [4.78, 5) is 26.5. The molecule has 2 N–H and O–H groups in total. The van der Waals surface area contributed by atoms with Gasteiger partial charge in [-0.05, 0) is 12.3 Å². The van der Waals surface area contributed by atoms with Crippen molar-refractivity contribution in [1.29, 1.82) is 5.26 Å². The van der Waals surface area contributed by atoms with Crippen molar-refractivity contribution < 1.29 is 14.6 Å². The molecule has 2 aromatic heterocycles. The summed E-state index contributed by atoms with van der Waals surface area (Å²) in [7, 11) is 0. The number of ether oxygens (including phenoxy) is 1. The zero-order valence-electron chi connectivity index (χ0n) is 16.8. The van der Waals surface area contributed by atoms with Crippen LogP contribution in [0, 0.1) is 23.7 Å². The quantitative estimate of drug-likeness (QED) is 0.771. The van der Waals surface area contributed by atoms with Crippen molar-refractivity contribution in [2.75, 3.05) is 11.9 Å². The number of nitrogens with one attached hydrogen (secondary N) is 1. The van der Waals surface area contributed by atoms with E-state index in [4.69, 9.17) is 10.00 Å². The topological polar surface area (TPSA) is 124 Å². The first-order valence-corrected chi connectivity index (χ1v) is 10.1. The van der Waals surface area contributed by atoms with Gasteiger partial charge in [-0.1, -0.05) is 32.1 Å². The molecular formula is C19H24N6O3S. The van der Waals surface area contributed by atoms with E-state index in [1.807, 2.05) is 20.8 Å². The number of carboxylic acid groups (broad SMARTS) is 1. The van der Waals surface area contributed by atoms with E-state index >= 15 is 0 Å². The van der Waals surface area contributed by atoms with Gasteiger partial charge in [-0.15, -0.1) is 0 Å². The van der Waals surface area contributed by atoms with Gasteiger partial charge < -0.3 is 20.1 Å². The first-order chi connectivity index (χ1) is 13.7. The molecule has 2 atom stereocenters. The third-order valence-corrected chi connectivity index (χ3v) is 5.57. The number of likely N-dealkylation sites (tertiary alicyclic amines) is 1. The Hall–Kier alpha value is -2.93. The maximum absolute atomic E-state index is 11.6. The van der Waals surface area contributed by atoms with Gasteiger partial charge in [-0.2, -0.15) is 10.2 Å². The molecule has 2 unspecified atom stereocenters. The molecule has 154 valence electrons. The number of thiazole rings is 1. The number of piperidine rings is 1. The number of aryl methyl sites for hydroxylation is 1. The summed E-state index contributed by atoms with van der Waals surface area (Å²) in [5.41, 5.74) is -0.196. The highest BCUT2D eigenvalue weighted by Gasteiger charge is 2.39. The van der Waals surface area contributed by atoms with Crippen LogP contribution < -0.4 is 10.1 Å². The van der Waals surface area contributed by atoms with Crippen LogP contribution in [0.5, 0.6) is 5.88 Å². The van der Waals surface area contributed by atoms with E-state index in [9.17, 15) is 9.90 Å². The molecule has 2 aromatic rings.